The second-order valence-electron chi connectivity index (χ2n) is 26.2. The van der Waals surface area contributed by atoms with Crippen LogP contribution in [0.3, 0.4) is 0 Å². The van der Waals surface area contributed by atoms with Gasteiger partial charge in [-0.2, -0.15) is 0 Å². The summed E-state index contributed by atoms with van der Waals surface area (Å²) in [5.74, 6) is 3.80. The first kappa shape index (κ1) is 61.0. The number of aromatic nitrogens is 8. The molecular weight excluding hydrogens is 1270 g/mol. The average Bonchev–Trinajstić information content (AvgIpc) is 1.53. The molecule has 0 amide bonds. The summed E-state index contributed by atoms with van der Waals surface area (Å²) in [6.07, 6.45) is 0. The molecule has 20 rings (SSSR count). The van der Waals surface area contributed by atoms with Crippen molar-refractivity contribution in [3.63, 3.8) is 0 Å². The second kappa shape index (κ2) is 26.2. The summed E-state index contributed by atoms with van der Waals surface area (Å²) in [7, 11) is 0. The Bertz CT molecular complexity index is 6500. The Morgan fingerprint density at radius 2 is 0.500 bits per heavy atom. The van der Waals surface area contributed by atoms with Crippen LogP contribution in [0.1, 0.15) is 0 Å². The van der Waals surface area contributed by atoms with Crippen LogP contribution in [0.5, 0.6) is 0 Å². The van der Waals surface area contributed by atoms with Crippen molar-refractivity contribution >= 4 is 75.9 Å². The largest absolute Gasteiger partial charge is 0.309 e. The fourth-order valence-corrected chi connectivity index (χ4v) is 14.9. The van der Waals surface area contributed by atoms with Crippen LogP contribution in [-0.2, 0) is 0 Å². The smallest absolute Gasteiger partial charge is 0.164 e. The SMILES string of the molecule is c1ccc(-c2cc(-c3ccccc3)cc(-c3nc(-c4ccccc4)nc(-c4cc(-n5c6ccccc6c6ccccc65)cc5ccccc45)n3)c2)cc1.c1ccc(-c2cccc(-c3nc(-c4ccc5ccccc5c4)nc(-c4cccc5cc(-n6c7ccccc7c7ccccc76)ccc45)n3)c2)cc1. The predicted molar refractivity (Wildman–Crippen MR) is 430 cm³/mol. The molecule has 0 aliphatic heterocycles. The van der Waals surface area contributed by atoms with E-state index in [0.29, 0.717) is 34.9 Å². The van der Waals surface area contributed by atoms with Gasteiger partial charge in [0.15, 0.2) is 34.9 Å². The first-order valence-corrected chi connectivity index (χ1v) is 35.1. The number of rotatable bonds is 11. The fraction of sp³-hybridized carbons (Fsp3) is 0. The van der Waals surface area contributed by atoms with E-state index in [1.54, 1.807) is 0 Å². The molecule has 486 valence electrons. The lowest BCUT2D eigenvalue weighted by atomic mass is 9.95. The zero-order valence-corrected chi connectivity index (χ0v) is 56.4. The molecule has 0 radical (unpaired) electrons. The van der Waals surface area contributed by atoms with Crippen molar-refractivity contribution in [2.45, 2.75) is 0 Å². The summed E-state index contributed by atoms with van der Waals surface area (Å²) in [6.45, 7) is 0. The van der Waals surface area contributed by atoms with Crippen LogP contribution < -0.4 is 0 Å². The molecule has 0 fully saturated rings. The maximum absolute atomic E-state index is 5.33. The molecule has 104 heavy (non-hydrogen) atoms. The molecule has 0 aliphatic rings. The number of hydrogen-bond donors (Lipinski definition) is 0. The molecule has 0 aliphatic carbocycles. The summed E-state index contributed by atoms with van der Waals surface area (Å²) in [4.78, 5) is 31.2. The van der Waals surface area contributed by atoms with E-state index in [0.717, 1.165) is 116 Å². The maximum Gasteiger partial charge on any atom is 0.164 e. The van der Waals surface area contributed by atoms with Gasteiger partial charge in [0.1, 0.15) is 0 Å². The highest BCUT2D eigenvalue weighted by Gasteiger charge is 2.22. The summed E-state index contributed by atoms with van der Waals surface area (Å²) < 4.78 is 4.71. The van der Waals surface area contributed by atoms with Crippen molar-refractivity contribution in [3.8, 4) is 113 Å². The molecule has 20 aromatic rings. The molecule has 0 saturated carbocycles. The Kier molecular flexibility index (Phi) is 15.4. The predicted octanol–water partition coefficient (Wildman–Crippen LogP) is 24.4. The normalized spacial score (nSPS) is 11.5. The minimum Gasteiger partial charge on any atom is -0.309 e. The van der Waals surface area contributed by atoms with Crippen molar-refractivity contribution in [2.75, 3.05) is 0 Å². The highest BCUT2D eigenvalue weighted by atomic mass is 15.1. The third-order valence-electron chi connectivity index (χ3n) is 19.8. The molecule has 8 nitrogen and oxygen atoms in total. The van der Waals surface area contributed by atoms with E-state index in [1.165, 1.54) is 38.0 Å². The Hall–Kier alpha value is -14.1. The van der Waals surface area contributed by atoms with E-state index in [1.807, 2.05) is 36.4 Å². The lowest BCUT2D eigenvalue weighted by Crippen LogP contribution is -2.02. The van der Waals surface area contributed by atoms with Crippen LogP contribution in [0.25, 0.3) is 189 Å². The van der Waals surface area contributed by atoms with E-state index in [9.17, 15) is 0 Å². The van der Waals surface area contributed by atoms with Crippen LogP contribution in [-0.4, -0.2) is 39.0 Å². The van der Waals surface area contributed by atoms with Gasteiger partial charge in [-0.1, -0.05) is 297 Å². The lowest BCUT2D eigenvalue weighted by molar-refractivity contribution is 1.07. The molecule has 16 aromatic carbocycles. The van der Waals surface area contributed by atoms with Crippen molar-refractivity contribution in [1.29, 1.82) is 0 Å². The van der Waals surface area contributed by atoms with Gasteiger partial charge in [-0.15, -0.1) is 0 Å². The third-order valence-corrected chi connectivity index (χ3v) is 19.8. The average molecular weight is 1330 g/mol. The topological polar surface area (TPSA) is 87.2 Å². The highest BCUT2D eigenvalue weighted by molar-refractivity contribution is 6.11. The summed E-state index contributed by atoms with van der Waals surface area (Å²) >= 11 is 0. The molecule has 0 atom stereocenters. The van der Waals surface area contributed by atoms with Crippen LogP contribution in [0, 0.1) is 0 Å². The fourth-order valence-electron chi connectivity index (χ4n) is 14.9. The summed E-state index contributed by atoms with van der Waals surface area (Å²) in [5, 5.41) is 11.7. The van der Waals surface area contributed by atoms with Crippen LogP contribution in [0.2, 0.25) is 0 Å². The van der Waals surface area contributed by atoms with Crippen LogP contribution >= 0.6 is 0 Å². The standard InChI is InChI=1S/C49H32N4.C47H30N4/c1-4-16-33(17-5-1)37-28-38(34-18-6-2-7-19-34)30-39(29-37)48-50-47(35-20-8-3-9-21-35)51-49(52-48)44-32-40(31-36-22-10-11-23-41(36)44)53-45-26-14-12-24-42(45)43-25-13-15-27-46(43)53;1-2-12-31(13-3-1)34-16-10-18-36(28-34)45-48-46(37-25-24-32-14-4-5-15-33(32)29-37)50-47(49-45)42-21-11-17-35-30-38(26-27-39(35)42)51-43-22-8-6-19-40(43)41-20-7-9-23-44(41)51/h1-32H;1-30H. The number of benzene rings is 16. The lowest BCUT2D eigenvalue weighted by Gasteiger charge is -2.15. The van der Waals surface area contributed by atoms with Crippen molar-refractivity contribution < 1.29 is 0 Å². The quantitative estimate of drug-likeness (QED) is 0.128. The molecule has 0 bridgehead atoms. The van der Waals surface area contributed by atoms with Gasteiger partial charge in [0.05, 0.1) is 22.1 Å². The molecule has 0 unspecified atom stereocenters. The molecular formula is C96H62N8. The van der Waals surface area contributed by atoms with E-state index >= 15 is 0 Å². The number of hydrogen-bond acceptors (Lipinski definition) is 6. The minimum absolute atomic E-state index is 0.621. The number of fused-ring (bicyclic) bond motifs is 9. The monoisotopic (exact) mass is 1330 g/mol. The molecule has 4 heterocycles. The van der Waals surface area contributed by atoms with Crippen molar-refractivity contribution in [3.05, 3.63) is 376 Å². The Morgan fingerprint density at radius 3 is 1.06 bits per heavy atom. The van der Waals surface area contributed by atoms with Gasteiger partial charge >= 0.3 is 0 Å². The second-order valence-corrected chi connectivity index (χ2v) is 26.2. The zero-order valence-electron chi connectivity index (χ0n) is 56.4. The Balaban J connectivity index is 0.000000143. The van der Waals surface area contributed by atoms with Gasteiger partial charge in [0.25, 0.3) is 0 Å². The van der Waals surface area contributed by atoms with E-state index < -0.39 is 0 Å². The molecule has 4 aromatic heterocycles. The van der Waals surface area contributed by atoms with Crippen molar-refractivity contribution in [2.24, 2.45) is 0 Å². The van der Waals surface area contributed by atoms with Gasteiger partial charge in [0, 0.05) is 66.3 Å². The first-order valence-electron chi connectivity index (χ1n) is 35.1. The van der Waals surface area contributed by atoms with Gasteiger partial charge in [0.2, 0.25) is 0 Å². The Labute approximate surface area is 600 Å². The van der Waals surface area contributed by atoms with Crippen molar-refractivity contribution in [1.82, 2.24) is 39.0 Å². The Morgan fingerprint density at radius 1 is 0.154 bits per heavy atom. The van der Waals surface area contributed by atoms with E-state index in [2.05, 4.69) is 349 Å². The molecule has 0 spiro atoms. The van der Waals surface area contributed by atoms with E-state index in [-0.39, 0.29) is 0 Å². The first-order chi connectivity index (χ1) is 51.5. The van der Waals surface area contributed by atoms with E-state index in [4.69, 9.17) is 29.9 Å². The maximum atomic E-state index is 5.33. The molecule has 0 saturated heterocycles. The van der Waals surface area contributed by atoms with Gasteiger partial charge in [-0.05, 0) is 145 Å². The van der Waals surface area contributed by atoms with Crippen LogP contribution in [0.15, 0.2) is 376 Å². The third kappa shape index (κ3) is 11.3. The summed E-state index contributed by atoms with van der Waals surface area (Å²) in [6, 6.07) is 132. The summed E-state index contributed by atoms with van der Waals surface area (Å²) in [5.41, 5.74) is 19.2. The minimum atomic E-state index is 0.621. The number of nitrogens with zero attached hydrogens (tertiary/aromatic N) is 8. The van der Waals surface area contributed by atoms with Crippen LogP contribution in [0.4, 0.5) is 0 Å². The number of para-hydroxylation sites is 4. The van der Waals surface area contributed by atoms with Gasteiger partial charge in [-0.3, -0.25) is 0 Å². The van der Waals surface area contributed by atoms with Gasteiger partial charge < -0.3 is 9.13 Å². The molecule has 8 heteroatoms. The highest BCUT2D eigenvalue weighted by Crippen LogP contribution is 2.41. The molecule has 0 N–H and O–H groups in total. The zero-order chi connectivity index (χ0) is 68.9. The van der Waals surface area contributed by atoms with Gasteiger partial charge in [-0.25, -0.2) is 29.9 Å².